The van der Waals surface area contributed by atoms with Gasteiger partial charge in [-0.25, -0.2) is 4.79 Å². The van der Waals surface area contributed by atoms with Crippen molar-refractivity contribution in [3.8, 4) is 0 Å². The van der Waals surface area contributed by atoms with Crippen LogP contribution in [-0.4, -0.2) is 30.7 Å². The van der Waals surface area contributed by atoms with E-state index in [1.165, 1.54) is 12.8 Å². The molecule has 0 saturated carbocycles. The van der Waals surface area contributed by atoms with Crippen LogP contribution in [-0.2, 0) is 19.1 Å². The summed E-state index contributed by atoms with van der Waals surface area (Å²) in [6, 6.07) is 0. The summed E-state index contributed by atoms with van der Waals surface area (Å²) in [6.45, 7) is 2.80. The van der Waals surface area contributed by atoms with Crippen LogP contribution in [0, 0.1) is 0 Å². The average Bonchev–Trinajstić information content (AvgIpc) is 2.70. The molecule has 0 aromatic heterocycles. The highest BCUT2D eigenvalue weighted by atomic mass is 16.8. The summed E-state index contributed by atoms with van der Waals surface area (Å²) in [6.07, 6.45) is 5.67. The number of oxime groups is 1. The van der Waals surface area contributed by atoms with Crippen molar-refractivity contribution in [2.75, 3.05) is 13.2 Å². The van der Waals surface area contributed by atoms with Gasteiger partial charge in [-0.05, 0) is 19.8 Å². The summed E-state index contributed by atoms with van der Waals surface area (Å²) in [5, 5.41) is 3.82. The van der Waals surface area contributed by atoms with E-state index >= 15 is 0 Å². The molecule has 2 aliphatic rings. The molecule has 0 aromatic rings. The van der Waals surface area contributed by atoms with Gasteiger partial charge in [0.05, 0.1) is 19.6 Å². The first-order chi connectivity index (χ1) is 8.26. The molecule has 5 nitrogen and oxygen atoms in total. The van der Waals surface area contributed by atoms with Crippen LogP contribution < -0.4 is 0 Å². The third-order valence-corrected chi connectivity index (χ3v) is 3.09. The number of ether oxygens (including phenoxy) is 2. The molecular formula is C12H19NO4. The van der Waals surface area contributed by atoms with Crippen LogP contribution >= 0.6 is 0 Å². The first kappa shape index (κ1) is 12.4. The molecule has 0 aromatic carbocycles. The zero-order valence-electron chi connectivity index (χ0n) is 10.2. The van der Waals surface area contributed by atoms with Gasteiger partial charge >= 0.3 is 5.97 Å². The molecule has 2 rings (SSSR count). The number of nitrogens with zero attached hydrogens (tertiary/aromatic N) is 1. The van der Waals surface area contributed by atoms with Crippen molar-refractivity contribution in [3.05, 3.63) is 0 Å². The van der Waals surface area contributed by atoms with E-state index < -0.39 is 11.8 Å². The lowest BCUT2D eigenvalue weighted by Gasteiger charge is -2.28. The number of carbonyl (C=O) groups is 1. The van der Waals surface area contributed by atoms with Crippen molar-refractivity contribution in [1.29, 1.82) is 0 Å². The van der Waals surface area contributed by atoms with Crippen molar-refractivity contribution < 1.29 is 19.1 Å². The van der Waals surface area contributed by atoms with E-state index in [1.807, 2.05) is 0 Å². The highest BCUT2D eigenvalue weighted by Gasteiger charge is 2.42. The number of hydrogen-bond donors (Lipinski definition) is 0. The lowest BCUT2D eigenvalue weighted by atomic mass is 10.00. The van der Waals surface area contributed by atoms with Crippen LogP contribution in [0.25, 0.3) is 0 Å². The van der Waals surface area contributed by atoms with Gasteiger partial charge in [-0.2, -0.15) is 0 Å². The molecule has 0 N–H and O–H groups in total. The first-order valence-corrected chi connectivity index (χ1v) is 6.32. The van der Waals surface area contributed by atoms with Gasteiger partial charge in [-0.3, -0.25) is 0 Å². The van der Waals surface area contributed by atoms with Crippen LogP contribution in [0.4, 0.5) is 0 Å². The molecule has 5 heteroatoms. The maximum Gasteiger partial charge on any atom is 0.356 e. The third kappa shape index (κ3) is 2.97. The molecule has 17 heavy (non-hydrogen) atoms. The van der Waals surface area contributed by atoms with Crippen molar-refractivity contribution in [2.24, 2.45) is 5.16 Å². The number of esters is 1. The quantitative estimate of drug-likeness (QED) is 0.694. The fourth-order valence-corrected chi connectivity index (χ4v) is 2.17. The first-order valence-electron chi connectivity index (χ1n) is 6.32. The predicted molar refractivity (Wildman–Crippen MR) is 61.5 cm³/mol. The Kier molecular flexibility index (Phi) is 3.99. The second-order valence-electron chi connectivity index (χ2n) is 4.45. The highest BCUT2D eigenvalue weighted by Crippen LogP contribution is 2.33. The van der Waals surface area contributed by atoms with Crippen LogP contribution in [0.2, 0.25) is 0 Å². The van der Waals surface area contributed by atoms with Gasteiger partial charge in [0.2, 0.25) is 5.79 Å². The molecule has 96 valence electrons. The minimum atomic E-state index is -0.706. The monoisotopic (exact) mass is 241 g/mol. The lowest BCUT2D eigenvalue weighted by Crippen LogP contribution is -2.35. The molecular weight excluding hydrogens is 222 g/mol. The summed E-state index contributed by atoms with van der Waals surface area (Å²) < 4.78 is 10.7. The van der Waals surface area contributed by atoms with Gasteiger partial charge in [0, 0.05) is 6.42 Å². The molecule has 0 bridgehead atoms. The molecule has 2 aliphatic heterocycles. The molecule has 1 fully saturated rings. The fraction of sp³-hybridized carbons (Fsp3) is 0.833. The van der Waals surface area contributed by atoms with Gasteiger partial charge < -0.3 is 14.3 Å². The molecule has 1 unspecified atom stereocenters. The van der Waals surface area contributed by atoms with Crippen LogP contribution in [0.15, 0.2) is 5.16 Å². The zero-order chi connectivity index (χ0) is 12.1. The Morgan fingerprint density at radius 3 is 3.06 bits per heavy atom. The Morgan fingerprint density at radius 2 is 2.24 bits per heavy atom. The molecule has 2 heterocycles. The van der Waals surface area contributed by atoms with Crippen LogP contribution in [0.3, 0.4) is 0 Å². The van der Waals surface area contributed by atoms with Crippen molar-refractivity contribution in [3.63, 3.8) is 0 Å². The summed E-state index contributed by atoms with van der Waals surface area (Å²) in [5.74, 6) is -1.10. The van der Waals surface area contributed by atoms with E-state index in [-0.39, 0.29) is 0 Å². The van der Waals surface area contributed by atoms with Crippen LogP contribution in [0.5, 0.6) is 0 Å². The second kappa shape index (κ2) is 5.49. The minimum Gasteiger partial charge on any atom is -0.461 e. The van der Waals surface area contributed by atoms with Crippen molar-refractivity contribution in [2.45, 2.75) is 51.2 Å². The van der Waals surface area contributed by atoms with E-state index in [1.54, 1.807) is 6.92 Å². The SMILES string of the molecule is CCOC(=O)C1=NOC2(CCCCCCO2)C1. The van der Waals surface area contributed by atoms with E-state index in [9.17, 15) is 4.79 Å². The summed E-state index contributed by atoms with van der Waals surface area (Å²) in [7, 11) is 0. The standard InChI is InChI=1S/C12H19NO4/c1-2-15-11(14)10-9-12(17-13-10)7-5-3-4-6-8-16-12/h2-9H2,1H3. The van der Waals surface area contributed by atoms with Crippen molar-refractivity contribution in [1.82, 2.24) is 0 Å². The maximum absolute atomic E-state index is 11.5. The summed E-state index contributed by atoms with van der Waals surface area (Å²) in [4.78, 5) is 16.9. The number of hydrogen-bond acceptors (Lipinski definition) is 5. The Labute approximate surface area is 101 Å². The average molecular weight is 241 g/mol. The predicted octanol–water partition coefficient (Wildman–Crippen LogP) is 2.00. The van der Waals surface area contributed by atoms with Gasteiger partial charge in [0.15, 0.2) is 5.71 Å². The molecule has 0 amide bonds. The largest absolute Gasteiger partial charge is 0.461 e. The maximum atomic E-state index is 11.5. The Morgan fingerprint density at radius 1 is 1.41 bits per heavy atom. The Bertz CT molecular complexity index is 306. The molecule has 1 atom stereocenters. The fourth-order valence-electron chi connectivity index (χ4n) is 2.17. The molecule has 1 saturated heterocycles. The Balaban J connectivity index is 1.94. The molecule has 1 spiro atoms. The number of carbonyl (C=O) groups excluding carboxylic acids is 1. The molecule has 0 radical (unpaired) electrons. The van der Waals surface area contributed by atoms with Crippen molar-refractivity contribution >= 4 is 11.7 Å². The van der Waals surface area contributed by atoms with E-state index in [0.29, 0.717) is 25.3 Å². The van der Waals surface area contributed by atoms with E-state index in [4.69, 9.17) is 14.3 Å². The van der Waals surface area contributed by atoms with Gasteiger partial charge in [-0.15, -0.1) is 0 Å². The van der Waals surface area contributed by atoms with E-state index in [0.717, 1.165) is 19.3 Å². The third-order valence-electron chi connectivity index (χ3n) is 3.09. The summed E-state index contributed by atoms with van der Waals surface area (Å²) >= 11 is 0. The summed E-state index contributed by atoms with van der Waals surface area (Å²) in [5.41, 5.74) is 0.340. The smallest absolute Gasteiger partial charge is 0.356 e. The Hall–Kier alpha value is -1.10. The lowest BCUT2D eigenvalue weighted by molar-refractivity contribution is -0.229. The second-order valence-corrected chi connectivity index (χ2v) is 4.45. The minimum absolute atomic E-state index is 0.340. The van der Waals surface area contributed by atoms with Gasteiger partial charge in [0.1, 0.15) is 0 Å². The number of rotatable bonds is 2. The highest BCUT2D eigenvalue weighted by molar-refractivity contribution is 6.36. The van der Waals surface area contributed by atoms with Gasteiger partial charge in [0.25, 0.3) is 0 Å². The van der Waals surface area contributed by atoms with E-state index in [2.05, 4.69) is 5.16 Å². The van der Waals surface area contributed by atoms with Crippen LogP contribution in [0.1, 0.15) is 45.4 Å². The zero-order valence-corrected chi connectivity index (χ0v) is 10.2. The topological polar surface area (TPSA) is 57.1 Å². The van der Waals surface area contributed by atoms with Gasteiger partial charge in [-0.1, -0.05) is 18.0 Å². The normalized spacial score (nSPS) is 29.1. The molecule has 0 aliphatic carbocycles.